The lowest BCUT2D eigenvalue weighted by Gasteiger charge is -2.33. The van der Waals surface area contributed by atoms with Crippen molar-refractivity contribution in [3.63, 3.8) is 0 Å². The van der Waals surface area contributed by atoms with E-state index in [1.54, 1.807) is 12.4 Å². The molecule has 3 heterocycles. The van der Waals surface area contributed by atoms with Crippen molar-refractivity contribution in [2.75, 3.05) is 25.0 Å². The summed E-state index contributed by atoms with van der Waals surface area (Å²) in [4.78, 5) is 23.8. The van der Waals surface area contributed by atoms with Crippen molar-refractivity contribution >= 4 is 11.9 Å². The number of anilines is 1. The van der Waals surface area contributed by atoms with Crippen LogP contribution in [0.5, 0.6) is 0 Å². The molecular formula is C23H33N5O. The van der Waals surface area contributed by atoms with Crippen LogP contribution in [0.4, 0.5) is 5.95 Å². The summed E-state index contributed by atoms with van der Waals surface area (Å²) in [5, 5.41) is 6.79. The smallest absolute Gasteiger partial charge is 0.257 e. The number of carbonyl (C=O) groups excluding carboxylic acids is 1. The molecule has 1 aliphatic carbocycles. The fourth-order valence-corrected chi connectivity index (χ4v) is 5.01. The van der Waals surface area contributed by atoms with E-state index in [2.05, 4.69) is 46.6 Å². The molecular weight excluding hydrogens is 362 g/mol. The van der Waals surface area contributed by atoms with E-state index < -0.39 is 0 Å². The second-order valence-electron chi connectivity index (χ2n) is 8.80. The molecule has 0 bridgehead atoms. The van der Waals surface area contributed by atoms with Gasteiger partial charge < -0.3 is 15.5 Å². The molecule has 3 aliphatic rings. The van der Waals surface area contributed by atoms with Crippen LogP contribution in [0.2, 0.25) is 0 Å². The van der Waals surface area contributed by atoms with E-state index in [-0.39, 0.29) is 11.9 Å². The molecule has 1 amide bonds. The molecule has 1 saturated heterocycles. The van der Waals surface area contributed by atoms with Gasteiger partial charge in [0.25, 0.3) is 5.91 Å². The average Bonchev–Trinajstić information content (AvgIpc) is 3.31. The van der Waals surface area contributed by atoms with Crippen LogP contribution in [0.15, 0.2) is 35.8 Å². The van der Waals surface area contributed by atoms with Gasteiger partial charge in [-0.1, -0.05) is 38.3 Å². The molecule has 1 spiro atoms. The molecule has 6 nitrogen and oxygen atoms in total. The Morgan fingerprint density at radius 1 is 1.28 bits per heavy atom. The molecule has 0 radical (unpaired) electrons. The van der Waals surface area contributed by atoms with E-state index in [0.717, 1.165) is 32.5 Å². The van der Waals surface area contributed by atoms with Gasteiger partial charge in [-0.2, -0.15) is 0 Å². The van der Waals surface area contributed by atoms with Gasteiger partial charge in [-0.25, -0.2) is 9.97 Å². The Morgan fingerprint density at radius 3 is 2.76 bits per heavy atom. The van der Waals surface area contributed by atoms with E-state index in [1.165, 1.54) is 43.4 Å². The maximum atomic E-state index is 12.9. The highest BCUT2D eigenvalue weighted by Crippen LogP contribution is 2.43. The summed E-state index contributed by atoms with van der Waals surface area (Å²) >= 11 is 0. The normalized spacial score (nSPS) is 23.8. The third-order valence-corrected chi connectivity index (χ3v) is 6.75. The number of nitrogens with zero attached hydrogens (tertiary/aromatic N) is 3. The predicted molar refractivity (Wildman–Crippen MR) is 116 cm³/mol. The molecule has 29 heavy (non-hydrogen) atoms. The Hall–Kier alpha value is -2.37. The topological polar surface area (TPSA) is 70.2 Å². The van der Waals surface area contributed by atoms with Crippen molar-refractivity contribution in [2.24, 2.45) is 5.41 Å². The van der Waals surface area contributed by atoms with Gasteiger partial charge in [0.05, 0.1) is 11.6 Å². The first-order valence-electron chi connectivity index (χ1n) is 11.1. The number of rotatable bonds is 5. The number of aromatic nitrogens is 2. The highest BCUT2D eigenvalue weighted by molar-refractivity contribution is 5.94. The number of allylic oxidation sites excluding steroid dienone is 2. The summed E-state index contributed by atoms with van der Waals surface area (Å²) < 4.78 is 0. The summed E-state index contributed by atoms with van der Waals surface area (Å²) in [5.41, 5.74) is 3.39. The number of carbonyl (C=O) groups is 1. The molecule has 4 rings (SSSR count). The standard InChI is InChI=1S/C23H33N5O/c1-3-4-8-19-17(2)24-15-20(19)27-22-25-13-18(14-26-22)21(29)28-12-11-23(16-28)9-6-5-7-10-23/h4,8,13-14,20,24H,3,5-7,9-12,15-16H2,1-2H3,(H,25,26,27)/b8-4-. The molecule has 156 valence electrons. The fraction of sp³-hybridized carbons (Fsp3) is 0.609. The van der Waals surface area contributed by atoms with E-state index in [1.807, 2.05) is 4.90 Å². The second kappa shape index (κ2) is 8.56. The van der Waals surface area contributed by atoms with Gasteiger partial charge in [0, 0.05) is 37.7 Å². The zero-order valence-corrected chi connectivity index (χ0v) is 17.7. The Morgan fingerprint density at radius 2 is 2.03 bits per heavy atom. The SMILES string of the molecule is CC/C=C\C1=C(C)NCC1Nc1ncc(C(=O)N2CCC3(CCCCC3)C2)cn1. The van der Waals surface area contributed by atoms with Crippen LogP contribution in [0, 0.1) is 5.41 Å². The Balaban J connectivity index is 1.38. The summed E-state index contributed by atoms with van der Waals surface area (Å²) in [6.07, 6.45) is 16.3. The average molecular weight is 396 g/mol. The van der Waals surface area contributed by atoms with E-state index in [9.17, 15) is 4.79 Å². The molecule has 1 aromatic heterocycles. The van der Waals surface area contributed by atoms with Crippen molar-refractivity contribution < 1.29 is 4.79 Å². The second-order valence-corrected chi connectivity index (χ2v) is 8.80. The van der Waals surface area contributed by atoms with Crippen molar-refractivity contribution in [2.45, 2.75) is 64.8 Å². The molecule has 1 saturated carbocycles. The van der Waals surface area contributed by atoms with Crippen LogP contribution >= 0.6 is 0 Å². The van der Waals surface area contributed by atoms with Crippen LogP contribution in [-0.2, 0) is 0 Å². The Kier molecular flexibility index (Phi) is 5.88. The van der Waals surface area contributed by atoms with Crippen LogP contribution in [0.3, 0.4) is 0 Å². The molecule has 1 aromatic rings. The Labute approximate surface area is 173 Å². The van der Waals surface area contributed by atoms with Crippen LogP contribution in [-0.4, -0.2) is 46.5 Å². The van der Waals surface area contributed by atoms with Crippen molar-refractivity contribution in [1.29, 1.82) is 0 Å². The molecule has 1 atom stereocenters. The lowest BCUT2D eigenvalue weighted by Crippen LogP contribution is -2.33. The monoisotopic (exact) mass is 395 g/mol. The van der Waals surface area contributed by atoms with Crippen molar-refractivity contribution in [3.05, 3.63) is 41.4 Å². The van der Waals surface area contributed by atoms with Gasteiger partial charge in [0.1, 0.15) is 0 Å². The Bertz CT molecular complexity index is 792. The minimum atomic E-state index is 0.0730. The first kappa shape index (κ1) is 19.9. The summed E-state index contributed by atoms with van der Waals surface area (Å²) in [6, 6.07) is 0.143. The van der Waals surface area contributed by atoms with E-state index in [4.69, 9.17) is 0 Å². The first-order chi connectivity index (χ1) is 14.1. The zero-order valence-electron chi connectivity index (χ0n) is 17.7. The summed E-state index contributed by atoms with van der Waals surface area (Å²) in [5.74, 6) is 0.638. The van der Waals surface area contributed by atoms with Gasteiger partial charge in [0.15, 0.2) is 0 Å². The first-order valence-corrected chi connectivity index (χ1v) is 11.1. The number of hydrogen-bond acceptors (Lipinski definition) is 5. The summed E-state index contributed by atoms with van der Waals surface area (Å²) in [7, 11) is 0. The summed E-state index contributed by atoms with van der Waals surface area (Å²) in [6.45, 7) is 6.80. The number of amides is 1. The van der Waals surface area contributed by atoms with Gasteiger partial charge in [0.2, 0.25) is 5.95 Å². The minimum absolute atomic E-state index is 0.0730. The van der Waals surface area contributed by atoms with Crippen molar-refractivity contribution in [3.8, 4) is 0 Å². The fourth-order valence-electron chi connectivity index (χ4n) is 5.01. The highest BCUT2D eigenvalue weighted by Gasteiger charge is 2.40. The van der Waals surface area contributed by atoms with Gasteiger partial charge >= 0.3 is 0 Å². The molecule has 0 aromatic carbocycles. The van der Waals surface area contributed by atoms with Crippen LogP contribution in [0.25, 0.3) is 0 Å². The maximum absolute atomic E-state index is 12.9. The minimum Gasteiger partial charge on any atom is -0.386 e. The van der Waals surface area contributed by atoms with Crippen LogP contribution in [0.1, 0.15) is 69.2 Å². The number of likely N-dealkylation sites (tertiary alicyclic amines) is 1. The van der Waals surface area contributed by atoms with Crippen LogP contribution < -0.4 is 10.6 Å². The zero-order chi connectivity index (χ0) is 20.3. The third kappa shape index (κ3) is 4.31. The molecule has 1 unspecified atom stereocenters. The van der Waals surface area contributed by atoms with Gasteiger partial charge in [-0.3, -0.25) is 4.79 Å². The largest absolute Gasteiger partial charge is 0.386 e. The van der Waals surface area contributed by atoms with Gasteiger partial charge in [-0.15, -0.1) is 0 Å². The van der Waals surface area contributed by atoms with E-state index >= 15 is 0 Å². The van der Waals surface area contributed by atoms with Gasteiger partial charge in [-0.05, 0) is 43.6 Å². The maximum Gasteiger partial charge on any atom is 0.257 e. The lowest BCUT2D eigenvalue weighted by molar-refractivity contribution is 0.0758. The predicted octanol–water partition coefficient (Wildman–Crippen LogP) is 3.90. The van der Waals surface area contributed by atoms with Crippen molar-refractivity contribution in [1.82, 2.24) is 20.2 Å². The number of hydrogen-bond donors (Lipinski definition) is 2. The molecule has 2 aliphatic heterocycles. The third-order valence-electron chi connectivity index (χ3n) is 6.75. The number of nitrogens with one attached hydrogen (secondary N) is 2. The quantitative estimate of drug-likeness (QED) is 0.791. The molecule has 2 fully saturated rings. The molecule has 6 heteroatoms. The van der Waals surface area contributed by atoms with E-state index in [0.29, 0.717) is 16.9 Å². The molecule has 2 N–H and O–H groups in total. The highest BCUT2D eigenvalue weighted by atomic mass is 16.2. The lowest BCUT2D eigenvalue weighted by atomic mass is 9.73.